The van der Waals surface area contributed by atoms with E-state index < -0.39 is 0 Å². The maximum atomic E-state index is 2.40. The third kappa shape index (κ3) is 0.749. The second kappa shape index (κ2) is 1.98. The molecule has 0 saturated heterocycles. The minimum absolute atomic E-state index is 0.499. The Morgan fingerprint density at radius 2 is 2.50 bits per heavy atom. The molecule has 2 bridgehead atoms. The first kappa shape index (κ1) is 6.21. The maximum absolute atomic E-state index is 2.40. The molecule has 10 heavy (non-hydrogen) atoms. The zero-order valence-electron chi connectivity index (χ0n) is 6.51. The molecular weight excluding hydrogens is 120 g/mol. The summed E-state index contributed by atoms with van der Waals surface area (Å²) in [6.07, 6.45) is 13.6. The number of rotatable bonds is 1. The first-order valence-corrected chi connectivity index (χ1v) is 4.18. The molecule has 0 heteroatoms. The van der Waals surface area contributed by atoms with Crippen LogP contribution in [0.2, 0.25) is 0 Å². The summed E-state index contributed by atoms with van der Waals surface area (Å²) < 4.78 is 0. The summed E-state index contributed by atoms with van der Waals surface area (Å²) in [5.74, 6) is 0.913. The van der Waals surface area contributed by atoms with Crippen LogP contribution >= 0.6 is 0 Å². The molecule has 2 rings (SSSR count). The minimum atomic E-state index is 0.499. The Kier molecular flexibility index (Phi) is 1.23. The second-order valence-corrected chi connectivity index (χ2v) is 3.60. The zero-order chi connectivity index (χ0) is 7.03. The van der Waals surface area contributed by atoms with E-state index in [2.05, 4.69) is 31.2 Å². The van der Waals surface area contributed by atoms with Gasteiger partial charge in [-0.05, 0) is 32.1 Å². The van der Waals surface area contributed by atoms with Crippen molar-refractivity contribution in [1.29, 1.82) is 0 Å². The number of allylic oxidation sites excluding steroid dienone is 4. The van der Waals surface area contributed by atoms with Crippen LogP contribution in [0.25, 0.3) is 0 Å². The first-order chi connectivity index (χ1) is 4.85. The van der Waals surface area contributed by atoms with Crippen molar-refractivity contribution in [2.24, 2.45) is 11.3 Å². The molecule has 1 saturated carbocycles. The summed E-state index contributed by atoms with van der Waals surface area (Å²) >= 11 is 0. The zero-order valence-corrected chi connectivity index (χ0v) is 6.51. The lowest BCUT2D eigenvalue weighted by molar-refractivity contribution is 0.523. The molecule has 0 heterocycles. The highest BCUT2D eigenvalue weighted by Crippen LogP contribution is 2.49. The van der Waals surface area contributed by atoms with E-state index in [1.807, 2.05) is 0 Å². The highest BCUT2D eigenvalue weighted by molar-refractivity contribution is 5.22. The average Bonchev–Trinajstić information content (AvgIpc) is 2.46. The molecule has 54 valence electrons. The molecule has 0 aromatic heterocycles. The molecule has 0 aromatic rings. The van der Waals surface area contributed by atoms with Crippen LogP contribution in [-0.2, 0) is 0 Å². The van der Waals surface area contributed by atoms with E-state index in [1.165, 1.54) is 19.3 Å². The molecule has 2 atom stereocenters. The SMILES string of the molecule is C/C=C\[C@@]12C=C[C@H](CC1)C2. The molecular formula is C10H14. The summed E-state index contributed by atoms with van der Waals surface area (Å²) in [5, 5.41) is 0. The second-order valence-electron chi connectivity index (χ2n) is 3.60. The topological polar surface area (TPSA) is 0 Å². The highest BCUT2D eigenvalue weighted by atomic mass is 14.4. The van der Waals surface area contributed by atoms with Crippen LogP contribution in [0.15, 0.2) is 24.3 Å². The van der Waals surface area contributed by atoms with Gasteiger partial charge in [-0.2, -0.15) is 0 Å². The van der Waals surface area contributed by atoms with Crippen LogP contribution < -0.4 is 0 Å². The quantitative estimate of drug-likeness (QED) is 0.484. The van der Waals surface area contributed by atoms with Crippen LogP contribution in [0.4, 0.5) is 0 Å². The molecule has 0 aliphatic heterocycles. The Balaban J connectivity index is 2.24. The molecule has 2 aliphatic carbocycles. The van der Waals surface area contributed by atoms with E-state index in [1.54, 1.807) is 0 Å². The van der Waals surface area contributed by atoms with Gasteiger partial charge in [-0.1, -0.05) is 24.3 Å². The highest BCUT2D eigenvalue weighted by Gasteiger charge is 2.37. The van der Waals surface area contributed by atoms with Crippen molar-refractivity contribution in [2.45, 2.75) is 26.2 Å². The molecule has 0 N–H and O–H groups in total. The Morgan fingerprint density at radius 3 is 2.90 bits per heavy atom. The summed E-state index contributed by atoms with van der Waals surface area (Å²) in [6, 6.07) is 0. The van der Waals surface area contributed by atoms with Gasteiger partial charge in [-0.3, -0.25) is 0 Å². The van der Waals surface area contributed by atoms with E-state index in [9.17, 15) is 0 Å². The van der Waals surface area contributed by atoms with Crippen LogP contribution in [0.3, 0.4) is 0 Å². The Labute approximate surface area is 62.6 Å². The fraction of sp³-hybridized carbons (Fsp3) is 0.600. The maximum Gasteiger partial charge on any atom is 0.00667 e. The lowest BCUT2D eigenvalue weighted by atomic mass is 9.88. The minimum Gasteiger partial charge on any atom is -0.0908 e. The molecule has 1 fully saturated rings. The molecule has 0 radical (unpaired) electrons. The summed E-state index contributed by atoms with van der Waals surface area (Å²) in [4.78, 5) is 0. The molecule has 0 unspecified atom stereocenters. The van der Waals surface area contributed by atoms with Crippen molar-refractivity contribution < 1.29 is 0 Å². The van der Waals surface area contributed by atoms with Crippen molar-refractivity contribution in [3.63, 3.8) is 0 Å². The number of hydrogen-bond acceptors (Lipinski definition) is 0. The van der Waals surface area contributed by atoms with Crippen molar-refractivity contribution in [3.05, 3.63) is 24.3 Å². The average molecular weight is 134 g/mol. The van der Waals surface area contributed by atoms with Crippen LogP contribution in [0.1, 0.15) is 26.2 Å². The van der Waals surface area contributed by atoms with Crippen LogP contribution in [0.5, 0.6) is 0 Å². The van der Waals surface area contributed by atoms with Gasteiger partial charge in [0.05, 0.1) is 0 Å². The standard InChI is InChI=1S/C10H14/c1-2-5-10-6-3-9(8-10)4-7-10/h2-3,5-6,9H,4,7-8H2,1H3/b5-2-/t9-,10-/m1/s1. The Morgan fingerprint density at radius 1 is 1.60 bits per heavy atom. The van der Waals surface area contributed by atoms with Gasteiger partial charge in [0.1, 0.15) is 0 Å². The van der Waals surface area contributed by atoms with E-state index in [4.69, 9.17) is 0 Å². The molecule has 0 nitrogen and oxygen atoms in total. The normalized spacial score (nSPS) is 43.9. The van der Waals surface area contributed by atoms with Crippen molar-refractivity contribution in [1.82, 2.24) is 0 Å². The van der Waals surface area contributed by atoms with Crippen LogP contribution in [0, 0.1) is 11.3 Å². The predicted molar refractivity (Wildman–Crippen MR) is 43.7 cm³/mol. The van der Waals surface area contributed by atoms with Gasteiger partial charge in [0, 0.05) is 5.41 Å². The van der Waals surface area contributed by atoms with Crippen molar-refractivity contribution >= 4 is 0 Å². The fourth-order valence-corrected chi connectivity index (χ4v) is 2.33. The molecule has 0 spiro atoms. The van der Waals surface area contributed by atoms with Gasteiger partial charge in [-0.15, -0.1) is 0 Å². The third-order valence-electron chi connectivity index (χ3n) is 2.82. The van der Waals surface area contributed by atoms with E-state index in [0.717, 1.165) is 5.92 Å². The lowest BCUT2D eigenvalue weighted by Gasteiger charge is -2.17. The van der Waals surface area contributed by atoms with Gasteiger partial charge in [0.25, 0.3) is 0 Å². The van der Waals surface area contributed by atoms with E-state index in [-0.39, 0.29) is 0 Å². The Hall–Kier alpha value is -0.520. The van der Waals surface area contributed by atoms with E-state index in [0.29, 0.717) is 5.41 Å². The lowest BCUT2D eigenvalue weighted by Crippen LogP contribution is -2.05. The molecule has 0 aromatic carbocycles. The predicted octanol–water partition coefficient (Wildman–Crippen LogP) is 2.92. The number of hydrogen-bond donors (Lipinski definition) is 0. The summed E-state index contributed by atoms with van der Waals surface area (Å²) in [5.41, 5.74) is 0.499. The van der Waals surface area contributed by atoms with Gasteiger partial charge < -0.3 is 0 Å². The molecule has 0 amide bonds. The van der Waals surface area contributed by atoms with Gasteiger partial charge in [0.2, 0.25) is 0 Å². The van der Waals surface area contributed by atoms with E-state index >= 15 is 0 Å². The van der Waals surface area contributed by atoms with Gasteiger partial charge in [-0.25, -0.2) is 0 Å². The number of fused-ring (bicyclic) bond motifs is 2. The third-order valence-corrected chi connectivity index (χ3v) is 2.82. The molecule has 2 aliphatic rings. The Bertz CT molecular complexity index is 188. The van der Waals surface area contributed by atoms with Crippen molar-refractivity contribution in [2.75, 3.05) is 0 Å². The largest absolute Gasteiger partial charge is 0.0908 e. The van der Waals surface area contributed by atoms with Gasteiger partial charge >= 0.3 is 0 Å². The fourth-order valence-electron chi connectivity index (χ4n) is 2.33. The summed E-state index contributed by atoms with van der Waals surface area (Å²) in [7, 11) is 0. The first-order valence-electron chi connectivity index (χ1n) is 4.18. The van der Waals surface area contributed by atoms with Gasteiger partial charge in [0.15, 0.2) is 0 Å². The van der Waals surface area contributed by atoms with Crippen molar-refractivity contribution in [3.8, 4) is 0 Å². The van der Waals surface area contributed by atoms with Crippen LogP contribution in [-0.4, -0.2) is 0 Å². The monoisotopic (exact) mass is 134 g/mol. The smallest absolute Gasteiger partial charge is 0.00667 e. The summed E-state index contributed by atoms with van der Waals surface area (Å²) in [6.45, 7) is 2.12.